The molecule has 0 aliphatic heterocycles. The number of oxazole rings is 1. The van der Waals surface area contributed by atoms with Crippen LogP contribution in [0.1, 0.15) is 5.56 Å². The first kappa shape index (κ1) is 18.0. The van der Waals surface area contributed by atoms with Gasteiger partial charge >= 0.3 is 0 Å². The number of hydrogen-bond acceptors (Lipinski definition) is 5. The number of nitrogens with zero attached hydrogens (tertiary/aromatic N) is 2. The van der Waals surface area contributed by atoms with Crippen LogP contribution in [0.5, 0.6) is 5.75 Å². The smallest absolute Gasteiger partial charge is 0.190 e. The zero-order chi connectivity index (χ0) is 19.7. The summed E-state index contributed by atoms with van der Waals surface area (Å²) in [6, 6.07) is 13.4. The van der Waals surface area contributed by atoms with Crippen molar-refractivity contribution in [1.29, 1.82) is 0 Å². The summed E-state index contributed by atoms with van der Waals surface area (Å²) in [5, 5.41) is 0.570. The third-order valence-corrected chi connectivity index (χ3v) is 4.58. The van der Waals surface area contributed by atoms with Gasteiger partial charge in [-0.2, -0.15) is 0 Å². The SMILES string of the molecule is COc1cc2[nH]c(-c3cccc(CN(C)C)c3)cc(=O)c2cc1-c1cnco1. The molecule has 6 heteroatoms. The molecule has 0 fully saturated rings. The Bertz CT molecular complexity index is 1180. The highest BCUT2D eigenvalue weighted by atomic mass is 16.5. The second-order valence-electron chi connectivity index (χ2n) is 6.95. The minimum Gasteiger partial charge on any atom is -0.496 e. The number of nitrogens with one attached hydrogen (secondary N) is 1. The lowest BCUT2D eigenvalue weighted by atomic mass is 10.0. The zero-order valence-corrected chi connectivity index (χ0v) is 16.0. The van der Waals surface area contributed by atoms with Crippen molar-refractivity contribution in [3.63, 3.8) is 0 Å². The largest absolute Gasteiger partial charge is 0.496 e. The fraction of sp³-hybridized carbons (Fsp3) is 0.182. The molecule has 0 aliphatic rings. The van der Waals surface area contributed by atoms with E-state index in [9.17, 15) is 4.79 Å². The molecule has 0 radical (unpaired) electrons. The van der Waals surface area contributed by atoms with Gasteiger partial charge < -0.3 is 19.0 Å². The molecule has 4 rings (SSSR count). The summed E-state index contributed by atoms with van der Waals surface area (Å²) in [4.78, 5) is 22.3. The van der Waals surface area contributed by atoms with Gasteiger partial charge in [-0.15, -0.1) is 0 Å². The second kappa shape index (κ2) is 7.32. The van der Waals surface area contributed by atoms with E-state index in [1.807, 2.05) is 32.3 Å². The topological polar surface area (TPSA) is 71.4 Å². The average Bonchev–Trinajstić information content (AvgIpc) is 3.21. The zero-order valence-electron chi connectivity index (χ0n) is 16.0. The lowest BCUT2D eigenvalue weighted by molar-refractivity contribution is 0.402. The second-order valence-corrected chi connectivity index (χ2v) is 6.95. The van der Waals surface area contributed by atoms with Crippen LogP contribution in [0.25, 0.3) is 33.5 Å². The Balaban J connectivity index is 1.85. The average molecular weight is 375 g/mol. The van der Waals surface area contributed by atoms with Gasteiger partial charge in [-0.25, -0.2) is 4.98 Å². The van der Waals surface area contributed by atoms with Gasteiger partial charge in [-0.1, -0.05) is 18.2 Å². The van der Waals surface area contributed by atoms with E-state index in [2.05, 4.69) is 27.0 Å². The van der Waals surface area contributed by atoms with Crippen molar-refractivity contribution in [3.8, 4) is 28.3 Å². The number of pyridine rings is 1. The number of benzene rings is 2. The van der Waals surface area contributed by atoms with Crippen LogP contribution in [0.3, 0.4) is 0 Å². The number of aromatic amines is 1. The normalized spacial score (nSPS) is 11.3. The molecular formula is C22H21N3O3. The molecule has 6 nitrogen and oxygen atoms in total. The highest BCUT2D eigenvalue weighted by molar-refractivity contribution is 5.88. The third kappa shape index (κ3) is 3.42. The summed E-state index contributed by atoms with van der Waals surface area (Å²) in [6.07, 6.45) is 2.95. The lowest BCUT2D eigenvalue weighted by Gasteiger charge is -2.12. The highest BCUT2D eigenvalue weighted by Gasteiger charge is 2.14. The van der Waals surface area contributed by atoms with E-state index in [-0.39, 0.29) is 5.43 Å². The van der Waals surface area contributed by atoms with Crippen molar-refractivity contribution >= 4 is 10.9 Å². The van der Waals surface area contributed by atoms with E-state index in [1.54, 1.807) is 25.4 Å². The molecule has 142 valence electrons. The number of ether oxygens (including phenoxy) is 1. The Morgan fingerprint density at radius 2 is 2.04 bits per heavy atom. The fourth-order valence-corrected chi connectivity index (χ4v) is 3.35. The van der Waals surface area contributed by atoms with Crippen LogP contribution >= 0.6 is 0 Å². The maximum Gasteiger partial charge on any atom is 0.190 e. The molecule has 0 atom stereocenters. The molecule has 4 aromatic rings. The first-order chi connectivity index (χ1) is 13.5. The predicted octanol–water partition coefficient (Wildman–Crippen LogP) is 3.92. The summed E-state index contributed by atoms with van der Waals surface area (Å²) in [6.45, 7) is 0.833. The van der Waals surface area contributed by atoms with Gasteiger partial charge in [0, 0.05) is 29.8 Å². The molecule has 2 aromatic heterocycles. The van der Waals surface area contributed by atoms with Crippen molar-refractivity contribution in [1.82, 2.24) is 14.9 Å². The van der Waals surface area contributed by atoms with E-state index in [1.165, 1.54) is 12.0 Å². The van der Waals surface area contributed by atoms with E-state index in [0.717, 1.165) is 17.8 Å². The van der Waals surface area contributed by atoms with E-state index in [0.29, 0.717) is 28.0 Å². The van der Waals surface area contributed by atoms with Gasteiger partial charge in [0.15, 0.2) is 17.6 Å². The molecule has 0 aliphatic carbocycles. The van der Waals surface area contributed by atoms with Crippen LogP contribution < -0.4 is 10.2 Å². The summed E-state index contributed by atoms with van der Waals surface area (Å²) >= 11 is 0. The summed E-state index contributed by atoms with van der Waals surface area (Å²) in [5.74, 6) is 1.16. The van der Waals surface area contributed by atoms with Crippen LogP contribution in [0, 0.1) is 0 Å². The van der Waals surface area contributed by atoms with Crippen LogP contribution in [0.15, 0.2) is 64.3 Å². The number of aromatic nitrogens is 2. The lowest BCUT2D eigenvalue weighted by Crippen LogP contribution is -2.10. The van der Waals surface area contributed by atoms with Crippen LogP contribution in [0.2, 0.25) is 0 Å². The molecule has 2 heterocycles. The number of rotatable bonds is 5. The van der Waals surface area contributed by atoms with Crippen molar-refractivity contribution < 1.29 is 9.15 Å². The Kier molecular flexibility index (Phi) is 4.71. The molecule has 2 aromatic carbocycles. The van der Waals surface area contributed by atoms with Crippen molar-refractivity contribution in [2.24, 2.45) is 0 Å². The molecule has 0 spiro atoms. The summed E-state index contributed by atoms with van der Waals surface area (Å²) in [7, 11) is 5.65. The molecule has 28 heavy (non-hydrogen) atoms. The maximum atomic E-state index is 12.8. The van der Waals surface area contributed by atoms with E-state index in [4.69, 9.17) is 9.15 Å². The molecular weight excluding hydrogens is 354 g/mol. The summed E-state index contributed by atoms with van der Waals surface area (Å²) < 4.78 is 10.9. The minimum atomic E-state index is -0.0646. The standard InChI is InChI=1S/C22H21N3O3/c1-25(2)12-14-5-4-6-15(7-14)18-9-20(26)16-8-17(22-11-23-13-28-22)21(27-3)10-19(16)24-18/h4-11,13H,12H2,1-3H3,(H,24,26). The van der Waals surface area contributed by atoms with Gasteiger partial charge in [0.25, 0.3) is 0 Å². The quantitative estimate of drug-likeness (QED) is 0.572. The van der Waals surface area contributed by atoms with E-state index >= 15 is 0 Å². The number of hydrogen-bond donors (Lipinski definition) is 1. The molecule has 1 N–H and O–H groups in total. The van der Waals surface area contributed by atoms with Gasteiger partial charge in [-0.05, 0) is 37.4 Å². The highest BCUT2D eigenvalue weighted by Crippen LogP contribution is 2.33. The van der Waals surface area contributed by atoms with Crippen LogP contribution in [-0.2, 0) is 6.54 Å². The van der Waals surface area contributed by atoms with E-state index < -0.39 is 0 Å². The Morgan fingerprint density at radius 3 is 2.75 bits per heavy atom. The van der Waals surface area contributed by atoms with Gasteiger partial charge in [0.05, 0.1) is 24.4 Å². The van der Waals surface area contributed by atoms with Crippen LogP contribution in [-0.4, -0.2) is 36.1 Å². The predicted molar refractivity (Wildman–Crippen MR) is 109 cm³/mol. The maximum absolute atomic E-state index is 12.8. The Hall–Kier alpha value is -3.38. The molecule has 0 saturated heterocycles. The van der Waals surface area contributed by atoms with Gasteiger partial charge in [0.1, 0.15) is 5.75 Å². The first-order valence-corrected chi connectivity index (χ1v) is 8.93. The fourth-order valence-electron chi connectivity index (χ4n) is 3.35. The summed E-state index contributed by atoms with van der Waals surface area (Å²) in [5.41, 5.74) is 4.26. The number of methoxy groups -OCH3 is 1. The van der Waals surface area contributed by atoms with Crippen molar-refractivity contribution in [3.05, 3.63) is 70.8 Å². The monoisotopic (exact) mass is 375 g/mol. The first-order valence-electron chi connectivity index (χ1n) is 8.93. The van der Waals surface area contributed by atoms with Gasteiger partial charge in [0.2, 0.25) is 0 Å². The number of H-pyrrole nitrogens is 1. The molecule has 0 saturated carbocycles. The van der Waals surface area contributed by atoms with Crippen molar-refractivity contribution in [2.75, 3.05) is 21.2 Å². The Morgan fingerprint density at radius 1 is 1.18 bits per heavy atom. The van der Waals surface area contributed by atoms with Crippen LogP contribution in [0.4, 0.5) is 0 Å². The number of fused-ring (bicyclic) bond motifs is 1. The van der Waals surface area contributed by atoms with Crippen molar-refractivity contribution in [2.45, 2.75) is 6.54 Å². The molecule has 0 bridgehead atoms. The Labute approximate surface area is 162 Å². The minimum absolute atomic E-state index is 0.0646. The molecule has 0 amide bonds. The third-order valence-electron chi connectivity index (χ3n) is 4.58. The van der Waals surface area contributed by atoms with Gasteiger partial charge in [-0.3, -0.25) is 4.79 Å². The molecule has 0 unspecified atom stereocenters.